The van der Waals surface area contributed by atoms with Gasteiger partial charge in [-0.2, -0.15) is 18.3 Å². The second-order valence-electron chi connectivity index (χ2n) is 3.99. The van der Waals surface area contributed by atoms with E-state index in [1.54, 1.807) is 11.6 Å². The van der Waals surface area contributed by atoms with E-state index in [2.05, 4.69) is 21.0 Å². The normalized spacial score (nSPS) is 11.9. The fourth-order valence-electron chi connectivity index (χ4n) is 1.59. The fourth-order valence-corrected chi connectivity index (χ4v) is 2.02. The van der Waals surface area contributed by atoms with Gasteiger partial charge in [0.25, 0.3) is 0 Å². The van der Waals surface area contributed by atoms with Crippen molar-refractivity contribution in [3.8, 4) is 0 Å². The number of hydrogen-bond donors (Lipinski definition) is 0. The summed E-state index contributed by atoms with van der Waals surface area (Å²) in [5, 5.41) is 4.19. The number of alkyl halides is 3. The summed E-state index contributed by atoms with van der Waals surface area (Å²) in [6.45, 7) is 4.22. The summed E-state index contributed by atoms with van der Waals surface area (Å²) < 4.78 is 38.3. The molecule has 0 saturated heterocycles. The molecule has 18 heavy (non-hydrogen) atoms. The zero-order valence-corrected chi connectivity index (χ0v) is 11.7. The average molecular weight is 327 g/mol. The molecular formula is C11H14BrF3N2O. The number of aryl methyl sites for hydroxylation is 2. The Morgan fingerprint density at radius 2 is 2.06 bits per heavy atom. The maximum atomic E-state index is 12.0. The van der Waals surface area contributed by atoms with Gasteiger partial charge in [-0.25, -0.2) is 0 Å². The van der Waals surface area contributed by atoms with Gasteiger partial charge in [-0.05, 0) is 29.8 Å². The minimum Gasteiger partial charge on any atom is -0.299 e. The van der Waals surface area contributed by atoms with E-state index < -0.39 is 24.8 Å². The predicted molar refractivity (Wildman–Crippen MR) is 64.3 cm³/mol. The Balaban J connectivity index is 2.70. The van der Waals surface area contributed by atoms with Crippen LogP contribution < -0.4 is 0 Å². The molecule has 0 aliphatic rings. The molecule has 102 valence electrons. The van der Waals surface area contributed by atoms with Gasteiger partial charge >= 0.3 is 6.18 Å². The quantitative estimate of drug-likeness (QED) is 0.830. The van der Waals surface area contributed by atoms with E-state index in [0.717, 1.165) is 5.69 Å². The van der Waals surface area contributed by atoms with Gasteiger partial charge in [0.2, 0.25) is 0 Å². The van der Waals surface area contributed by atoms with Gasteiger partial charge in [-0.1, -0.05) is 0 Å². The first-order valence-electron chi connectivity index (χ1n) is 5.54. The summed E-state index contributed by atoms with van der Waals surface area (Å²) in [7, 11) is 0. The summed E-state index contributed by atoms with van der Waals surface area (Å²) in [6.07, 6.45) is -5.86. The minimum atomic E-state index is -4.28. The fraction of sp³-hybridized carbons (Fsp3) is 0.636. The highest BCUT2D eigenvalue weighted by molar-refractivity contribution is 9.10. The maximum Gasteiger partial charge on any atom is 0.389 e. The SMILES string of the molecule is CCn1nc(C)c(Br)c1CC(=O)CCC(F)(F)F. The molecule has 0 aliphatic heterocycles. The van der Waals surface area contributed by atoms with Crippen LogP contribution in [0.1, 0.15) is 31.2 Å². The number of carbonyl (C=O) groups is 1. The van der Waals surface area contributed by atoms with Crippen LogP contribution in [-0.4, -0.2) is 21.7 Å². The molecule has 0 amide bonds. The lowest BCUT2D eigenvalue weighted by molar-refractivity contribution is -0.143. The Hall–Kier alpha value is -0.850. The Morgan fingerprint density at radius 3 is 2.56 bits per heavy atom. The number of rotatable bonds is 5. The average Bonchev–Trinajstić information content (AvgIpc) is 2.53. The number of hydrogen-bond acceptors (Lipinski definition) is 2. The lowest BCUT2D eigenvalue weighted by Gasteiger charge is -2.07. The molecule has 3 nitrogen and oxygen atoms in total. The molecule has 0 spiro atoms. The van der Waals surface area contributed by atoms with Crippen LogP contribution in [0.2, 0.25) is 0 Å². The Kier molecular flexibility index (Phi) is 4.95. The summed E-state index contributed by atoms with van der Waals surface area (Å²) in [5.74, 6) is -0.428. The van der Waals surface area contributed by atoms with Crippen molar-refractivity contribution in [3.63, 3.8) is 0 Å². The van der Waals surface area contributed by atoms with Crippen molar-refractivity contribution < 1.29 is 18.0 Å². The third-order valence-electron chi connectivity index (χ3n) is 2.50. The van der Waals surface area contributed by atoms with Gasteiger partial charge < -0.3 is 0 Å². The van der Waals surface area contributed by atoms with Crippen molar-refractivity contribution in [1.29, 1.82) is 0 Å². The molecule has 7 heteroatoms. The van der Waals surface area contributed by atoms with E-state index in [-0.39, 0.29) is 6.42 Å². The van der Waals surface area contributed by atoms with Crippen LogP contribution in [0.15, 0.2) is 4.47 Å². The topological polar surface area (TPSA) is 34.9 Å². The Morgan fingerprint density at radius 1 is 1.44 bits per heavy atom. The zero-order valence-electron chi connectivity index (χ0n) is 10.1. The first-order valence-corrected chi connectivity index (χ1v) is 6.34. The Bertz CT molecular complexity index is 440. The summed E-state index contributed by atoms with van der Waals surface area (Å²) in [6, 6.07) is 0. The van der Waals surface area contributed by atoms with Crippen LogP contribution in [0.3, 0.4) is 0 Å². The van der Waals surface area contributed by atoms with Crippen molar-refractivity contribution in [1.82, 2.24) is 9.78 Å². The van der Waals surface area contributed by atoms with Crippen LogP contribution in [0, 0.1) is 6.92 Å². The Labute approximate surface area is 111 Å². The molecule has 0 aliphatic carbocycles. The molecule has 0 atom stereocenters. The van der Waals surface area contributed by atoms with Gasteiger partial charge in [0, 0.05) is 19.4 Å². The lowest BCUT2D eigenvalue weighted by atomic mass is 10.1. The standard InChI is InChI=1S/C11H14BrF3N2O/c1-3-17-9(10(12)7(2)16-17)6-8(18)4-5-11(13,14)15/h3-6H2,1-2H3. The molecular weight excluding hydrogens is 313 g/mol. The highest BCUT2D eigenvalue weighted by Crippen LogP contribution is 2.24. The molecule has 1 heterocycles. The highest BCUT2D eigenvalue weighted by Gasteiger charge is 2.28. The number of halogens is 4. The number of aromatic nitrogens is 2. The smallest absolute Gasteiger partial charge is 0.299 e. The van der Waals surface area contributed by atoms with Gasteiger partial charge in [-0.15, -0.1) is 0 Å². The van der Waals surface area contributed by atoms with Crippen LogP contribution in [-0.2, 0) is 17.8 Å². The van der Waals surface area contributed by atoms with Gasteiger partial charge in [0.15, 0.2) is 0 Å². The molecule has 1 aromatic rings. The minimum absolute atomic E-state index is 0.0225. The van der Waals surface area contributed by atoms with Gasteiger partial charge in [-0.3, -0.25) is 9.48 Å². The second kappa shape index (κ2) is 5.86. The molecule has 0 radical (unpaired) electrons. The molecule has 0 fully saturated rings. The molecule has 1 rings (SSSR count). The van der Waals surface area contributed by atoms with Crippen molar-refractivity contribution in [2.24, 2.45) is 0 Å². The monoisotopic (exact) mass is 326 g/mol. The summed E-state index contributed by atoms with van der Waals surface area (Å²) >= 11 is 3.30. The zero-order chi connectivity index (χ0) is 13.9. The van der Waals surface area contributed by atoms with Crippen LogP contribution in [0.25, 0.3) is 0 Å². The molecule has 1 aromatic heterocycles. The van der Waals surface area contributed by atoms with Crippen molar-refractivity contribution in [2.45, 2.75) is 45.8 Å². The third kappa shape index (κ3) is 4.12. The number of carbonyl (C=O) groups excluding carboxylic acids is 1. The largest absolute Gasteiger partial charge is 0.389 e. The van der Waals surface area contributed by atoms with E-state index in [1.807, 2.05) is 6.92 Å². The molecule has 0 N–H and O–H groups in total. The number of nitrogens with zero attached hydrogens (tertiary/aromatic N) is 2. The predicted octanol–water partition coefficient (Wildman–Crippen LogP) is 3.43. The number of ketones is 1. The van der Waals surface area contributed by atoms with Gasteiger partial charge in [0.1, 0.15) is 5.78 Å². The van der Waals surface area contributed by atoms with E-state index in [1.165, 1.54) is 0 Å². The third-order valence-corrected chi connectivity index (χ3v) is 3.54. The highest BCUT2D eigenvalue weighted by atomic mass is 79.9. The van der Waals surface area contributed by atoms with Crippen LogP contribution >= 0.6 is 15.9 Å². The van der Waals surface area contributed by atoms with E-state index in [0.29, 0.717) is 16.7 Å². The molecule has 0 saturated carbocycles. The summed E-state index contributed by atoms with van der Waals surface area (Å²) in [5.41, 5.74) is 1.37. The first-order chi connectivity index (χ1) is 8.24. The van der Waals surface area contributed by atoms with Crippen molar-refractivity contribution >= 4 is 21.7 Å². The van der Waals surface area contributed by atoms with Crippen LogP contribution in [0.5, 0.6) is 0 Å². The molecule has 0 bridgehead atoms. The molecule has 0 unspecified atom stereocenters. The summed E-state index contributed by atoms with van der Waals surface area (Å²) in [4.78, 5) is 11.5. The lowest BCUT2D eigenvalue weighted by Crippen LogP contribution is -2.14. The second-order valence-corrected chi connectivity index (χ2v) is 4.79. The van der Waals surface area contributed by atoms with E-state index in [9.17, 15) is 18.0 Å². The van der Waals surface area contributed by atoms with Crippen molar-refractivity contribution in [3.05, 3.63) is 15.9 Å². The first kappa shape index (κ1) is 15.2. The molecule has 0 aromatic carbocycles. The van der Waals surface area contributed by atoms with E-state index >= 15 is 0 Å². The van der Waals surface area contributed by atoms with E-state index in [4.69, 9.17) is 0 Å². The number of Topliss-reactive ketones (excluding diaryl/α,β-unsaturated/α-hetero) is 1. The van der Waals surface area contributed by atoms with Crippen LogP contribution in [0.4, 0.5) is 13.2 Å². The van der Waals surface area contributed by atoms with Gasteiger partial charge in [0.05, 0.1) is 22.3 Å². The maximum absolute atomic E-state index is 12.0. The van der Waals surface area contributed by atoms with Crippen molar-refractivity contribution in [2.75, 3.05) is 0 Å².